The lowest BCUT2D eigenvalue weighted by molar-refractivity contribution is -0.128. The second-order valence-electron chi connectivity index (χ2n) is 3.99. The Morgan fingerprint density at radius 1 is 1.20 bits per heavy atom. The van der Waals surface area contributed by atoms with Crippen LogP contribution in [-0.2, 0) is 11.3 Å². The molecule has 0 saturated carbocycles. The predicted octanol–water partition coefficient (Wildman–Crippen LogP) is 2.24. The normalized spacial score (nSPS) is 19.3. The Kier molecular flexibility index (Phi) is 1.84. The van der Waals surface area contributed by atoms with Gasteiger partial charge in [0.1, 0.15) is 5.84 Å². The maximum atomic E-state index is 11.7. The molecule has 0 bridgehead atoms. The van der Waals surface area contributed by atoms with E-state index in [0.29, 0.717) is 13.0 Å². The average Bonchev–Trinajstić information content (AvgIpc) is 2.27. The summed E-state index contributed by atoms with van der Waals surface area (Å²) < 4.78 is 0. The van der Waals surface area contributed by atoms with E-state index in [1.54, 1.807) is 0 Å². The Morgan fingerprint density at radius 3 is 3.00 bits per heavy atom. The Morgan fingerprint density at radius 2 is 2.07 bits per heavy atom. The lowest BCUT2D eigenvalue weighted by Gasteiger charge is -2.32. The van der Waals surface area contributed by atoms with Crippen LogP contribution >= 0.6 is 0 Å². The van der Waals surface area contributed by atoms with Gasteiger partial charge < -0.3 is 0 Å². The van der Waals surface area contributed by atoms with Gasteiger partial charge >= 0.3 is 0 Å². The van der Waals surface area contributed by atoms with Crippen molar-refractivity contribution in [3.8, 4) is 0 Å². The fourth-order valence-corrected chi connectivity index (χ4v) is 2.17. The number of para-hydroxylation sites is 1. The smallest absolute Gasteiger partial charge is 0.228 e. The first kappa shape index (κ1) is 8.65. The maximum Gasteiger partial charge on any atom is 0.228 e. The van der Waals surface area contributed by atoms with Crippen molar-refractivity contribution in [1.29, 1.82) is 0 Å². The Bertz CT molecular complexity index is 451. The highest BCUT2D eigenvalue weighted by Crippen LogP contribution is 2.29. The molecular formula is C12H12N2O. The summed E-state index contributed by atoms with van der Waals surface area (Å²) in [6.07, 6.45) is 2.54. The van der Waals surface area contributed by atoms with Crippen LogP contribution in [0.25, 0.3) is 0 Å². The first-order valence-corrected chi connectivity index (χ1v) is 5.30. The number of hydrogen-bond acceptors (Lipinski definition) is 2. The van der Waals surface area contributed by atoms with Gasteiger partial charge in [0, 0.05) is 12.8 Å². The molecule has 3 rings (SSSR count). The standard InChI is InChI=1S/C12H12N2O/c15-12-7-3-6-11-13-10-5-2-1-4-9(10)8-14(11)12/h1-2,4-5H,3,6-8H2. The van der Waals surface area contributed by atoms with Gasteiger partial charge in [-0.2, -0.15) is 0 Å². The van der Waals surface area contributed by atoms with Crippen LogP contribution in [0, 0.1) is 0 Å². The van der Waals surface area contributed by atoms with E-state index < -0.39 is 0 Å². The van der Waals surface area contributed by atoms with E-state index in [9.17, 15) is 4.79 Å². The maximum absolute atomic E-state index is 11.7. The summed E-state index contributed by atoms with van der Waals surface area (Å²) in [6, 6.07) is 8.03. The van der Waals surface area contributed by atoms with Crippen molar-refractivity contribution in [1.82, 2.24) is 4.90 Å². The fraction of sp³-hybridized carbons (Fsp3) is 0.333. The molecule has 0 radical (unpaired) electrons. The number of benzene rings is 1. The van der Waals surface area contributed by atoms with Gasteiger partial charge in [-0.3, -0.25) is 9.69 Å². The summed E-state index contributed by atoms with van der Waals surface area (Å²) in [5, 5.41) is 0. The summed E-state index contributed by atoms with van der Waals surface area (Å²) in [7, 11) is 0. The zero-order valence-corrected chi connectivity index (χ0v) is 8.44. The lowest BCUT2D eigenvalue weighted by atomic mass is 10.0. The minimum Gasteiger partial charge on any atom is -0.296 e. The van der Waals surface area contributed by atoms with E-state index in [-0.39, 0.29) is 5.91 Å². The molecule has 2 aliphatic rings. The number of carbonyl (C=O) groups excluding carboxylic acids is 1. The van der Waals surface area contributed by atoms with Crippen molar-refractivity contribution in [3.05, 3.63) is 29.8 Å². The Hall–Kier alpha value is -1.64. The quantitative estimate of drug-likeness (QED) is 0.632. The molecule has 1 saturated heterocycles. The molecular weight excluding hydrogens is 188 g/mol. The van der Waals surface area contributed by atoms with E-state index in [1.165, 1.54) is 0 Å². The predicted molar refractivity (Wildman–Crippen MR) is 57.9 cm³/mol. The average molecular weight is 200 g/mol. The molecule has 15 heavy (non-hydrogen) atoms. The number of amidine groups is 1. The number of piperidine rings is 1. The van der Waals surface area contributed by atoms with Crippen molar-refractivity contribution < 1.29 is 4.79 Å². The van der Waals surface area contributed by atoms with Crippen LogP contribution in [-0.4, -0.2) is 16.6 Å². The molecule has 0 unspecified atom stereocenters. The van der Waals surface area contributed by atoms with Crippen molar-refractivity contribution in [2.75, 3.05) is 0 Å². The van der Waals surface area contributed by atoms with Crippen LogP contribution < -0.4 is 0 Å². The number of fused-ring (bicyclic) bond motifs is 2. The van der Waals surface area contributed by atoms with E-state index in [2.05, 4.69) is 4.99 Å². The van der Waals surface area contributed by atoms with Gasteiger partial charge in [0.15, 0.2) is 0 Å². The van der Waals surface area contributed by atoms with Crippen molar-refractivity contribution >= 4 is 17.4 Å². The second kappa shape index (κ2) is 3.19. The number of amides is 1. The third-order valence-corrected chi connectivity index (χ3v) is 2.97. The van der Waals surface area contributed by atoms with Crippen LogP contribution in [0.5, 0.6) is 0 Å². The number of hydrogen-bond donors (Lipinski definition) is 0. The molecule has 1 amide bonds. The highest BCUT2D eigenvalue weighted by Gasteiger charge is 2.27. The summed E-state index contributed by atoms with van der Waals surface area (Å²) >= 11 is 0. The SMILES string of the molecule is O=C1CCCC2=Nc3ccccc3CN12. The molecule has 0 N–H and O–H groups in total. The van der Waals surface area contributed by atoms with E-state index in [4.69, 9.17) is 0 Å². The van der Waals surface area contributed by atoms with Crippen LogP contribution in [0.15, 0.2) is 29.3 Å². The van der Waals surface area contributed by atoms with E-state index in [0.717, 1.165) is 29.9 Å². The van der Waals surface area contributed by atoms with Gasteiger partial charge in [-0.15, -0.1) is 0 Å². The molecule has 0 spiro atoms. The lowest BCUT2D eigenvalue weighted by Crippen LogP contribution is -2.41. The third-order valence-electron chi connectivity index (χ3n) is 2.97. The monoisotopic (exact) mass is 200 g/mol. The van der Waals surface area contributed by atoms with Crippen molar-refractivity contribution in [2.45, 2.75) is 25.8 Å². The summed E-state index contributed by atoms with van der Waals surface area (Å²) in [4.78, 5) is 18.0. The third kappa shape index (κ3) is 1.35. The molecule has 2 aliphatic heterocycles. The summed E-state index contributed by atoms with van der Waals surface area (Å²) in [5.41, 5.74) is 2.18. The summed E-state index contributed by atoms with van der Waals surface area (Å²) in [6.45, 7) is 0.702. The Labute approximate surface area is 88.4 Å². The van der Waals surface area contributed by atoms with Crippen molar-refractivity contribution in [2.24, 2.45) is 4.99 Å². The minimum atomic E-state index is 0.217. The molecule has 1 fully saturated rings. The van der Waals surface area contributed by atoms with Gasteiger partial charge in [-0.1, -0.05) is 18.2 Å². The number of nitrogens with zero attached hydrogens (tertiary/aromatic N) is 2. The first-order valence-electron chi connectivity index (χ1n) is 5.30. The molecule has 0 atom stereocenters. The van der Waals surface area contributed by atoms with Crippen LogP contribution in [0.4, 0.5) is 5.69 Å². The Balaban J connectivity index is 2.06. The highest BCUT2D eigenvalue weighted by molar-refractivity contribution is 6.02. The highest BCUT2D eigenvalue weighted by atomic mass is 16.2. The molecule has 0 aliphatic carbocycles. The van der Waals surface area contributed by atoms with Crippen LogP contribution in [0.2, 0.25) is 0 Å². The number of rotatable bonds is 0. The van der Waals surface area contributed by atoms with Gasteiger partial charge in [0.25, 0.3) is 0 Å². The number of aliphatic imine (C=N–C) groups is 1. The van der Waals surface area contributed by atoms with Gasteiger partial charge in [0.2, 0.25) is 5.91 Å². The van der Waals surface area contributed by atoms with E-state index >= 15 is 0 Å². The van der Waals surface area contributed by atoms with Gasteiger partial charge in [-0.05, 0) is 18.1 Å². The zero-order valence-electron chi connectivity index (χ0n) is 8.44. The minimum absolute atomic E-state index is 0.217. The molecule has 0 aromatic heterocycles. The van der Waals surface area contributed by atoms with E-state index in [1.807, 2.05) is 29.2 Å². The molecule has 1 aromatic rings. The molecule has 76 valence electrons. The zero-order chi connectivity index (χ0) is 10.3. The van der Waals surface area contributed by atoms with Crippen LogP contribution in [0.1, 0.15) is 24.8 Å². The molecule has 1 aromatic carbocycles. The fourth-order valence-electron chi connectivity index (χ4n) is 2.17. The molecule has 2 heterocycles. The van der Waals surface area contributed by atoms with Crippen molar-refractivity contribution in [3.63, 3.8) is 0 Å². The van der Waals surface area contributed by atoms with Gasteiger partial charge in [0.05, 0.1) is 12.2 Å². The summed E-state index contributed by atoms with van der Waals surface area (Å²) in [5.74, 6) is 1.17. The van der Waals surface area contributed by atoms with Crippen LogP contribution in [0.3, 0.4) is 0 Å². The first-order chi connectivity index (χ1) is 7.34. The molecule has 3 nitrogen and oxygen atoms in total. The van der Waals surface area contributed by atoms with Gasteiger partial charge in [-0.25, -0.2) is 4.99 Å². The number of carbonyl (C=O) groups is 1. The largest absolute Gasteiger partial charge is 0.296 e. The molecule has 3 heteroatoms. The second-order valence-corrected chi connectivity index (χ2v) is 3.99. The topological polar surface area (TPSA) is 32.7 Å².